The fraction of sp³-hybridized carbons (Fsp3) is 0.0526. The number of carbonyl (C=O) groups excluding carboxylic acids is 1. The van der Waals surface area contributed by atoms with Gasteiger partial charge in [-0.05, 0) is 12.1 Å². The summed E-state index contributed by atoms with van der Waals surface area (Å²) < 4.78 is 15.7. The molecule has 2 aromatic carbocycles. The molecule has 0 aliphatic rings. The quantitative estimate of drug-likeness (QED) is 0.579. The van der Waals surface area contributed by atoms with Crippen molar-refractivity contribution in [2.24, 2.45) is 5.73 Å². The van der Waals surface area contributed by atoms with Crippen LogP contribution in [0.25, 0.3) is 22.4 Å². The van der Waals surface area contributed by atoms with Crippen LogP contribution in [0.15, 0.2) is 59.5 Å². The highest BCUT2D eigenvalue weighted by Crippen LogP contribution is 2.26. The molecule has 0 spiro atoms. The smallest absolute Gasteiger partial charge is 0.264 e. The van der Waals surface area contributed by atoms with Crippen LogP contribution >= 0.6 is 0 Å². The number of halogens is 1. The number of nitrogens with one attached hydrogen (secondary N) is 1. The van der Waals surface area contributed by atoms with Crippen LogP contribution in [-0.4, -0.2) is 25.7 Å². The lowest BCUT2D eigenvalue weighted by molar-refractivity contribution is 0.0998. The van der Waals surface area contributed by atoms with E-state index in [1.54, 1.807) is 22.9 Å². The standard InChI is InChI=1S/C19H14FN5O2/c20-14-7-3-1-5-11(14)10-25-15-8-4-2-6-12(15)16(24-25)18-22-9-13(17(21)26)19(27)23-18/h1-9H,10H2,(H2,21,26)(H,22,23,27). The van der Waals surface area contributed by atoms with E-state index in [1.165, 1.54) is 6.07 Å². The summed E-state index contributed by atoms with van der Waals surface area (Å²) >= 11 is 0. The van der Waals surface area contributed by atoms with Crippen LogP contribution < -0.4 is 11.3 Å². The maximum atomic E-state index is 14.0. The Labute approximate surface area is 152 Å². The molecule has 0 bridgehead atoms. The normalized spacial score (nSPS) is 11.0. The van der Waals surface area contributed by atoms with E-state index < -0.39 is 11.5 Å². The Bertz CT molecular complexity index is 1230. The SMILES string of the molecule is NC(=O)c1cnc(-c2nn(Cc3ccccc3F)c3ccccc23)[nH]c1=O. The van der Waals surface area contributed by atoms with Crippen molar-refractivity contribution < 1.29 is 9.18 Å². The number of carbonyl (C=O) groups is 1. The number of nitrogens with two attached hydrogens (primary N) is 1. The predicted octanol–water partition coefficient (Wildman–Crippen LogP) is 2.07. The number of para-hydroxylation sites is 1. The highest BCUT2D eigenvalue weighted by molar-refractivity contribution is 5.93. The van der Waals surface area contributed by atoms with Gasteiger partial charge in [-0.25, -0.2) is 9.37 Å². The Morgan fingerprint density at radius 3 is 2.63 bits per heavy atom. The third kappa shape index (κ3) is 2.97. The van der Waals surface area contributed by atoms with Gasteiger partial charge in [0.05, 0.1) is 12.1 Å². The van der Waals surface area contributed by atoms with E-state index in [0.717, 1.165) is 17.1 Å². The molecular formula is C19H14FN5O2. The molecule has 0 atom stereocenters. The van der Waals surface area contributed by atoms with E-state index in [0.29, 0.717) is 11.3 Å². The van der Waals surface area contributed by atoms with Gasteiger partial charge in [0.1, 0.15) is 17.1 Å². The molecule has 4 aromatic rings. The number of hydrogen-bond acceptors (Lipinski definition) is 4. The van der Waals surface area contributed by atoms with Crippen molar-refractivity contribution >= 4 is 16.8 Å². The van der Waals surface area contributed by atoms with Crippen molar-refractivity contribution in [3.63, 3.8) is 0 Å². The lowest BCUT2D eigenvalue weighted by Crippen LogP contribution is -2.24. The molecule has 4 rings (SSSR count). The van der Waals surface area contributed by atoms with Crippen molar-refractivity contribution in [3.05, 3.63) is 82.0 Å². The van der Waals surface area contributed by atoms with Gasteiger partial charge in [-0.2, -0.15) is 5.10 Å². The number of aromatic nitrogens is 4. The maximum absolute atomic E-state index is 14.0. The summed E-state index contributed by atoms with van der Waals surface area (Å²) in [7, 11) is 0. The molecule has 0 saturated heterocycles. The first kappa shape index (κ1) is 16.6. The summed E-state index contributed by atoms with van der Waals surface area (Å²) in [6.07, 6.45) is 1.13. The molecule has 1 amide bonds. The molecule has 8 heteroatoms. The third-order valence-corrected chi connectivity index (χ3v) is 4.22. The Morgan fingerprint density at radius 2 is 1.89 bits per heavy atom. The van der Waals surface area contributed by atoms with E-state index in [2.05, 4.69) is 15.1 Å². The number of benzene rings is 2. The summed E-state index contributed by atoms with van der Waals surface area (Å²) in [5, 5.41) is 5.25. The molecule has 0 aliphatic carbocycles. The molecule has 0 saturated carbocycles. The largest absolute Gasteiger partial charge is 0.365 e. The lowest BCUT2D eigenvalue weighted by atomic mass is 10.2. The van der Waals surface area contributed by atoms with Crippen molar-refractivity contribution in [2.75, 3.05) is 0 Å². The zero-order chi connectivity index (χ0) is 19.0. The monoisotopic (exact) mass is 363 g/mol. The molecular weight excluding hydrogens is 349 g/mol. The molecule has 7 nitrogen and oxygen atoms in total. The van der Waals surface area contributed by atoms with Crippen LogP contribution in [0.4, 0.5) is 4.39 Å². The third-order valence-electron chi connectivity index (χ3n) is 4.22. The fourth-order valence-corrected chi connectivity index (χ4v) is 2.90. The molecule has 0 unspecified atom stereocenters. The number of nitrogens with zero attached hydrogens (tertiary/aromatic N) is 3. The molecule has 2 heterocycles. The van der Waals surface area contributed by atoms with Crippen LogP contribution in [0, 0.1) is 5.82 Å². The van der Waals surface area contributed by atoms with Gasteiger partial charge in [-0.3, -0.25) is 14.3 Å². The van der Waals surface area contributed by atoms with Crippen LogP contribution in [0.5, 0.6) is 0 Å². The number of amides is 1. The Kier molecular flexibility index (Phi) is 4.00. The summed E-state index contributed by atoms with van der Waals surface area (Å²) in [6, 6.07) is 13.8. The lowest BCUT2D eigenvalue weighted by Gasteiger charge is -2.04. The molecule has 2 aromatic heterocycles. The number of H-pyrrole nitrogens is 1. The first-order valence-electron chi connectivity index (χ1n) is 8.13. The molecule has 0 aliphatic heterocycles. The van der Waals surface area contributed by atoms with Crippen molar-refractivity contribution in [1.29, 1.82) is 0 Å². The Balaban J connectivity index is 1.86. The fourth-order valence-electron chi connectivity index (χ4n) is 2.90. The van der Waals surface area contributed by atoms with Crippen molar-refractivity contribution in [1.82, 2.24) is 19.7 Å². The van der Waals surface area contributed by atoms with E-state index in [4.69, 9.17) is 5.73 Å². The first-order valence-corrected chi connectivity index (χ1v) is 8.13. The summed E-state index contributed by atoms with van der Waals surface area (Å²) in [6.45, 7) is 0.219. The highest BCUT2D eigenvalue weighted by Gasteiger charge is 2.16. The van der Waals surface area contributed by atoms with Gasteiger partial charge in [0.25, 0.3) is 11.5 Å². The zero-order valence-corrected chi connectivity index (χ0v) is 14.0. The minimum absolute atomic E-state index is 0.202. The van der Waals surface area contributed by atoms with Gasteiger partial charge in [0.2, 0.25) is 0 Å². The van der Waals surface area contributed by atoms with Gasteiger partial charge in [0, 0.05) is 17.1 Å². The number of hydrogen-bond donors (Lipinski definition) is 2. The van der Waals surface area contributed by atoms with Crippen LogP contribution in [-0.2, 0) is 6.54 Å². The summed E-state index contributed by atoms with van der Waals surface area (Å²) in [5.41, 5.74) is 5.95. The van der Waals surface area contributed by atoms with Gasteiger partial charge in [0.15, 0.2) is 5.82 Å². The second-order valence-electron chi connectivity index (χ2n) is 5.95. The minimum Gasteiger partial charge on any atom is -0.365 e. The molecule has 0 fully saturated rings. The molecule has 134 valence electrons. The van der Waals surface area contributed by atoms with E-state index in [-0.39, 0.29) is 23.7 Å². The molecule has 0 radical (unpaired) electrons. The minimum atomic E-state index is -0.856. The predicted molar refractivity (Wildman–Crippen MR) is 97.6 cm³/mol. The van der Waals surface area contributed by atoms with Gasteiger partial charge in [-0.15, -0.1) is 0 Å². The van der Waals surface area contributed by atoms with E-state index in [9.17, 15) is 14.0 Å². The average molecular weight is 363 g/mol. The zero-order valence-electron chi connectivity index (χ0n) is 14.0. The Morgan fingerprint density at radius 1 is 1.15 bits per heavy atom. The van der Waals surface area contributed by atoms with E-state index >= 15 is 0 Å². The van der Waals surface area contributed by atoms with Crippen molar-refractivity contribution in [2.45, 2.75) is 6.54 Å². The molecule has 27 heavy (non-hydrogen) atoms. The number of fused-ring (bicyclic) bond motifs is 1. The Hall–Kier alpha value is -3.81. The second kappa shape index (κ2) is 6.49. The van der Waals surface area contributed by atoms with Gasteiger partial charge >= 0.3 is 0 Å². The average Bonchev–Trinajstić information content (AvgIpc) is 3.02. The van der Waals surface area contributed by atoms with Crippen LogP contribution in [0.2, 0.25) is 0 Å². The van der Waals surface area contributed by atoms with Crippen molar-refractivity contribution in [3.8, 4) is 11.5 Å². The first-order chi connectivity index (χ1) is 13.0. The summed E-state index contributed by atoms with van der Waals surface area (Å²) in [4.78, 5) is 29.9. The van der Waals surface area contributed by atoms with Gasteiger partial charge in [-0.1, -0.05) is 36.4 Å². The maximum Gasteiger partial charge on any atom is 0.264 e. The van der Waals surface area contributed by atoms with E-state index in [1.807, 2.05) is 24.3 Å². The van der Waals surface area contributed by atoms with Crippen LogP contribution in [0.3, 0.4) is 0 Å². The number of primary amides is 1. The second-order valence-corrected chi connectivity index (χ2v) is 5.95. The van der Waals surface area contributed by atoms with Gasteiger partial charge < -0.3 is 10.7 Å². The molecule has 3 N–H and O–H groups in total. The van der Waals surface area contributed by atoms with Crippen LogP contribution in [0.1, 0.15) is 15.9 Å². The summed E-state index contributed by atoms with van der Waals surface area (Å²) in [5.74, 6) is -0.977. The highest BCUT2D eigenvalue weighted by atomic mass is 19.1. The number of rotatable bonds is 4. The number of aromatic amines is 1. The topological polar surface area (TPSA) is 107 Å².